The lowest BCUT2D eigenvalue weighted by atomic mass is 9.87. The van der Waals surface area contributed by atoms with E-state index in [1.54, 1.807) is 4.90 Å². The van der Waals surface area contributed by atoms with E-state index in [1.807, 2.05) is 17.0 Å². The predicted molar refractivity (Wildman–Crippen MR) is 108 cm³/mol. The third kappa shape index (κ3) is 6.73. The van der Waals surface area contributed by atoms with Gasteiger partial charge in [-0.3, -0.25) is 9.59 Å². The summed E-state index contributed by atoms with van der Waals surface area (Å²) in [5.74, 6) is 1.38. The van der Waals surface area contributed by atoms with E-state index in [9.17, 15) is 9.59 Å². The van der Waals surface area contributed by atoms with Crippen molar-refractivity contribution in [3.8, 4) is 5.75 Å². The second-order valence-corrected chi connectivity index (χ2v) is 8.30. The number of piperazine rings is 1. The largest absolute Gasteiger partial charge is 0.494 e. The van der Waals surface area contributed by atoms with E-state index in [-0.39, 0.29) is 17.2 Å². The highest BCUT2D eigenvalue weighted by atomic mass is 35.5. The Kier molecular flexibility index (Phi) is 7.96. The van der Waals surface area contributed by atoms with Gasteiger partial charge in [-0.05, 0) is 29.5 Å². The third-order valence-corrected chi connectivity index (χ3v) is 5.01. The van der Waals surface area contributed by atoms with Crippen molar-refractivity contribution in [3.63, 3.8) is 0 Å². The van der Waals surface area contributed by atoms with Gasteiger partial charge in [-0.2, -0.15) is 0 Å². The molecule has 5 nitrogen and oxygen atoms in total. The van der Waals surface area contributed by atoms with Gasteiger partial charge < -0.3 is 14.5 Å². The molecule has 0 unspecified atom stereocenters. The maximum absolute atomic E-state index is 12.3. The highest BCUT2D eigenvalue weighted by molar-refractivity contribution is 6.18. The molecule has 0 atom stereocenters. The van der Waals surface area contributed by atoms with Crippen LogP contribution in [-0.2, 0) is 15.0 Å². The normalized spacial score (nSPS) is 15.0. The number of ether oxygens (including phenoxy) is 1. The summed E-state index contributed by atoms with van der Waals surface area (Å²) in [7, 11) is 0. The summed E-state index contributed by atoms with van der Waals surface area (Å²) in [5, 5.41) is 0. The first-order chi connectivity index (χ1) is 12.8. The monoisotopic (exact) mass is 394 g/mol. The van der Waals surface area contributed by atoms with Gasteiger partial charge >= 0.3 is 0 Å². The summed E-state index contributed by atoms with van der Waals surface area (Å²) < 4.78 is 5.75. The molecule has 0 aromatic heterocycles. The number of alkyl halides is 1. The topological polar surface area (TPSA) is 49.9 Å². The van der Waals surface area contributed by atoms with Crippen molar-refractivity contribution in [2.75, 3.05) is 38.7 Å². The third-order valence-electron chi connectivity index (χ3n) is 4.82. The average Bonchev–Trinajstić information content (AvgIpc) is 2.65. The Hall–Kier alpha value is -1.75. The van der Waals surface area contributed by atoms with Crippen molar-refractivity contribution in [1.29, 1.82) is 0 Å². The van der Waals surface area contributed by atoms with Crippen molar-refractivity contribution in [2.45, 2.75) is 45.4 Å². The maximum atomic E-state index is 12.3. The smallest absolute Gasteiger partial charge is 0.223 e. The van der Waals surface area contributed by atoms with Gasteiger partial charge in [0.25, 0.3) is 0 Å². The van der Waals surface area contributed by atoms with E-state index in [2.05, 4.69) is 32.9 Å². The highest BCUT2D eigenvalue weighted by Gasteiger charge is 2.23. The minimum Gasteiger partial charge on any atom is -0.494 e. The molecule has 150 valence electrons. The Morgan fingerprint density at radius 3 is 1.96 bits per heavy atom. The number of hydrogen-bond acceptors (Lipinski definition) is 3. The lowest BCUT2D eigenvalue weighted by Crippen LogP contribution is -2.50. The van der Waals surface area contributed by atoms with E-state index in [1.165, 1.54) is 5.56 Å². The van der Waals surface area contributed by atoms with Crippen LogP contribution in [0.25, 0.3) is 0 Å². The first-order valence-corrected chi connectivity index (χ1v) is 10.2. The van der Waals surface area contributed by atoms with E-state index >= 15 is 0 Å². The van der Waals surface area contributed by atoms with Crippen LogP contribution in [-0.4, -0.2) is 60.3 Å². The van der Waals surface area contributed by atoms with Gasteiger partial charge in [0, 0.05) is 44.9 Å². The Labute approximate surface area is 167 Å². The van der Waals surface area contributed by atoms with Crippen LogP contribution in [0.1, 0.15) is 45.6 Å². The van der Waals surface area contributed by atoms with Gasteiger partial charge in [-0.15, -0.1) is 11.6 Å². The fourth-order valence-electron chi connectivity index (χ4n) is 3.07. The molecule has 1 aliphatic rings. The number of hydrogen-bond donors (Lipinski definition) is 0. The van der Waals surface area contributed by atoms with Gasteiger partial charge in [0.05, 0.1) is 6.61 Å². The molecule has 1 aromatic carbocycles. The minimum atomic E-state index is 0.0722. The molecule has 0 aliphatic carbocycles. The van der Waals surface area contributed by atoms with Crippen LogP contribution in [0.15, 0.2) is 24.3 Å². The Morgan fingerprint density at radius 2 is 1.48 bits per heavy atom. The molecule has 1 aliphatic heterocycles. The molecule has 27 heavy (non-hydrogen) atoms. The molecule has 0 N–H and O–H groups in total. The molecule has 1 aromatic rings. The molecule has 1 fully saturated rings. The summed E-state index contributed by atoms with van der Waals surface area (Å²) in [6, 6.07) is 8.15. The van der Waals surface area contributed by atoms with E-state index in [4.69, 9.17) is 16.3 Å². The van der Waals surface area contributed by atoms with Crippen LogP contribution in [0.4, 0.5) is 0 Å². The summed E-state index contributed by atoms with van der Waals surface area (Å²) in [5.41, 5.74) is 1.40. The summed E-state index contributed by atoms with van der Waals surface area (Å²) >= 11 is 5.61. The van der Waals surface area contributed by atoms with Gasteiger partial charge in [0.2, 0.25) is 11.8 Å². The second kappa shape index (κ2) is 9.98. The van der Waals surface area contributed by atoms with E-state index in [0.29, 0.717) is 57.9 Å². The van der Waals surface area contributed by atoms with E-state index in [0.717, 1.165) is 5.75 Å². The molecular formula is C21H31ClN2O3. The molecule has 0 bridgehead atoms. The minimum absolute atomic E-state index is 0.0722. The number of carbonyl (C=O) groups is 2. The van der Waals surface area contributed by atoms with Gasteiger partial charge in [-0.1, -0.05) is 32.9 Å². The molecule has 2 rings (SSSR count). The Balaban J connectivity index is 1.66. The van der Waals surface area contributed by atoms with Gasteiger partial charge in [0.1, 0.15) is 5.75 Å². The second-order valence-electron chi connectivity index (χ2n) is 7.93. The SMILES string of the molecule is CC(C)(C)c1ccc(OCCCC(=O)N2CCN(C(=O)CCCl)CC2)cc1. The lowest BCUT2D eigenvalue weighted by molar-refractivity contribution is -0.139. The van der Waals surface area contributed by atoms with Crippen molar-refractivity contribution in [2.24, 2.45) is 0 Å². The van der Waals surface area contributed by atoms with Crippen LogP contribution in [0.3, 0.4) is 0 Å². The molecule has 1 saturated heterocycles. The summed E-state index contributed by atoms with van der Waals surface area (Å²) in [4.78, 5) is 27.8. The molecule has 6 heteroatoms. The van der Waals surface area contributed by atoms with Crippen LogP contribution in [0.5, 0.6) is 5.75 Å². The Bertz CT molecular complexity index is 617. The predicted octanol–water partition coefficient (Wildman–Crippen LogP) is 3.44. The summed E-state index contributed by atoms with van der Waals surface area (Å²) in [6.07, 6.45) is 1.52. The van der Waals surface area contributed by atoms with Crippen molar-refractivity contribution in [3.05, 3.63) is 29.8 Å². The number of benzene rings is 1. The quantitative estimate of drug-likeness (QED) is 0.525. The zero-order valence-corrected chi connectivity index (χ0v) is 17.4. The molecule has 0 spiro atoms. The zero-order valence-electron chi connectivity index (χ0n) is 16.7. The lowest BCUT2D eigenvalue weighted by Gasteiger charge is -2.34. The van der Waals surface area contributed by atoms with Crippen molar-refractivity contribution >= 4 is 23.4 Å². The van der Waals surface area contributed by atoms with Crippen LogP contribution in [0, 0.1) is 0 Å². The number of rotatable bonds is 7. The van der Waals surface area contributed by atoms with Gasteiger partial charge in [-0.25, -0.2) is 0 Å². The first kappa shape index (κ1) is 21.5. The number of nitrogens with zero attached hydrogens (tertiary/aromatic N) is 2. The maximum Gasteiger partial charge on any atom is 0.223 e. The number of carbonyl (C=O) groups excluding carboxylic acids is 2. The Morgan fingerprint density at radius 1 is 0.963 bits per heavy atom. The highest BCUT2D eigenvalue weighted by Crippen LogP contribution is 2.24. The number of amides is 2. The van der Waals surface area contributed by atoms with Crippen molar-refractivity contribution < 1.29 is 14.3 Å². The molecule has 1 heterocycles. The molecule has 0 saturated carbocycles. The van der Waals surface area contributed by atoms with Crippen molar-refractivity contribution in [1.82, 2.24) is 9.80 Å². The molecule has 0 radical (unpaired) electrons. The number of halogens is 1. The fraction of sp³-hybridized carbons (Fsp3) is 0.619. The van der Waals surface area contributed by atoms with Crippen LogP contribution >= 0.6 is 11.6 Å². The zero-order chi connectivity index (χ0) is 19.9. The standard InChI is InChI=1S/C21H31ClN2O3/c1-21(2,3)17-6-8-18(9-7-17)27-16-4-5-19(25)23-12-14-24(15-13-23)20(26)10-11-22/h6-9H,4-5,10-16H2,1-3H3. The molecule has 2 amide bonds. The fourth-order valence-corrected chi connectivity index (χ4v) is 3.23. The van der Waals surface area contributed by atoms with Gasteiger partial charge in [0.15, 0.2) is 0 Å². The first-order valence-electron chi connectivity index (χ1n) is 9.66. The van der Waals surface area contributed by atoms with Crippen LogP contribution in [0.2, 0.25) is 0 Å². The molecular weight excluding hydrogens is 364 g/mol. The van der Waals surface area contributed by atoms with Crippen LogP contribution < -0.4 is 4.74 Å². The average molecular weight is 395 g/mol. The summed E-state index contributed by atoms with van der Waals surface area (Å²) in [6.45, 7) is 9.46. The van der Waals surface area contributed by atoms with E-state index < -0.39 is 0 Å².